The second-order valence-corrected chi connectivity index (χ2v) is 9.22. The van der Waals surface area contributed by atoms with Crippen LogP contribution >= 0.6 is 0 Å². The quantitative estimate of drug-likeness (QED) is 0.114. The molecule has 1 rings (SSSR count). The standard InChI is InChI=1S/C26H46O10/c1-3-4-5-6-7-8-9-10-11-12-13-14-15-22(29)35-20(17-33-19(2)28)18-34-26-25(32)24(31)23(30)21(16-27)36-26/h7-8,20-21,23-27,30-32H,3-6,9-18H2,1-2H3/b8-7-. The average Bonchev–Trinajstić information content (AvgIpc) is 2.85. The lowest BCUT2D eigenvalue weighted by atomic mass is 9.99. The van der Waals surface area contributed by atoms with Crippen molar-refractivity contribution in [3.05, 3.63) is 12.2 Å². The van der Waals surface area contributed by atoms with Crippen molar-refractivity contribution in [3.63, 3.8) is 0 Å². The molecule has 10 heteroatoms. The summed E-state index contributed by atoms with van der Waals surface area (Å²) < 4.78 is 21.0. The molecule has 0 aromatic rings. The van der Waals surface area contributed by atoms with Crippen LogP contribution in [0.4, 0.5) is 0 Å². The van der Waals surface area contributed by atoms with Crippen LogP contribution in [-0.2, 0) is 28.5 Å². The maximum absolute atomic E-state index is 12.3. The lowest BCUT2D eigenvalue weighted by Crippen LogP contribution is -2.59. The Balaban J connectivity index is 2.32. The minimum atomic E-state index is -1.59. The van der Waals surface area contributed by atoms with Crippen molar-refractivity contribution in [2.24, 2.45) is 0 Å². The molecule has 0 radical (unpaired) electrons. The Labute approximate surface area is 214 Å². The highest BCUT2D eigenvalue weighted by Crippen LogP contribution is 2.22. The molecule has 1 heterocycles. The predicted molar refractivity (Wildman–Crippen MR) is 132 cm³/mol. The number of hydrogen-bond acceptors (Lipinski definition) is 10. The van der Waals surface area contributed by atoms with E-state index >= 15 is 0 Å². The van der Waals surface area contributed by atoms with E-state index in [0.29, 0.717) is 6.42 Å². The van der Waals surface area contributed by atoms with Crippen molar-refractivity contribution in [1.29, 1.82) is 0 Å². The van der Waals surface area contributed by atoms with Gasteiger partial charge in [-0.2, -0.15) is 0 Å². The fraction of sp³-hybridized carbons (Fsp3) is 0.846. The highest BCUT2D eigenvalue weighted by atomic mass is 16.7. The molecular weight excluding hydrogens is 472 g/mol. The van der Waals surface area contributed by atoms with E-state index in [1.807, 2.05) is 0 Å². The van der Waals surface area contributed by atoms with Gasteiger partial charge in [0, 0.05) is 13.3 Å². The van der Waals surface area contributed by atoms with Gasteiger partial charge in [0.2, 0.25) is 0 Å². The molecule has 1 fully saturated rings. The summed E-state index contributed by atoms with van der Waals surface area (Å²) >= 11 is 0. The molecule has 36 heavy (non-hydrogen) atoms. The normalized spacial score (nSPS) is 25.1. The van der Waals surface area contributed by atoms with Gasteiger partial charge in [0.25, 0.3) is 0 Å². The molecular formula is C26H46O10. The number of hydrogen-bond donors (Lipinski definition) is 4. The Morgan fingerprint density at radius 3 is 2.17 bits per heavy atom. The molecule has 10 nitrogen and oxygen atoms in total. The number of aliphatic hydroxyl groups is 4. The van der Waals surface area contributed by atoms with Crippen LogP contribution in [0.1, 0.15) is 84.5 Å². The Morgan fingerprint density at radius 2 is 1.53 bits per heavy atom. The van der Waals surface area contributed by atoms with Gasteiger partial charge in [-0.25, -0.2) is 0 Å². The first-order valence-electron chi connectivity index (χ1n) is 13.2. The highest BCUT2D eigenvalue weighted by molar-refractivity contribution is 5.69. The van der Waals surface area contributed by atoms with Crippen LogP contribution in [0, 0.1) is 0 Å². The van der Waals surface area contributed by atoms with Crippen molar-refractivity contribution in [2.45, 2.75) is 121 Å². The first-order chi connectivity index (χ1) is 17.3. The van der Waals surface area contributed by atoms with Crippen molar-refractivity contribution in [1.82, 2.24) is 0 Å². The average molecular weight is 519 g/mol. The Kier molecular flexibility index (Phi) is 17.6. The molecule has 0 spiro atoms. The molecule has 0 saturated carbocycles. The van der Waals surface area contributed by atoms with Crippen LogP contribution in [0.15, 0.2) is 12.2 Å². The second kappa shape index (κ2) is 19.5. The number of carbonyl (C=O) groups is 2. The molecule has 4 N–H and O–H groups in total. The maximum Gasteiger partial charge on any atom is 0.306 e. The van der Waals surface area contributed by atoms with E-state index in [4.69, 9.17) is 18.9 Å². The van der Waals surface area contributed by atoms with E-state index in [1.54, 1.807) is 0 Å². The molecule has 1 saturated heterocycles. The smallest absolute Gasteiger partial charge is 0.306 e. The van der Waals surface area contributed by atoms with Gasteiger partial charge in [0.15, 0.2) is 12.4 Å². The largest absolute Gasteiger partial charge is 0.462 e. The Hall–Kier alpha value is -1.56. The van der Waals surface area contributed by atoms with Crippen LogP contribution in [0.2, 0.25) is 0 Å². The van der Waals surface area contributed by atoms with Gasteiger partial charge in [-0.3, -0.25) is 9.59 Å². The summed E-state index contributed by atoms with van der Waals surface area (Å²) in [6.45, 7) is 2.30. The zero-order valence-corrected chi connectivity index (χ0v) is 21.8. The van der Waals surface area contributed by atoms with Gasteiger partial charge < -0.3 is 39.4 Å². The number of ether oxygens (including phenoxy) is 4. The monoisotopic (exact) mass is 518 g/mol. The number of esters is 2. The van der Waals surface area contributed by atoms with E-state index < -0.39 is 55.4 Å². The fourth-order valence-corrected chi connectivity index (χ4v) is 3.79. The van der Waals surface area contributed by atoms with Crippen molar-refractivity contribution >= 4 is 11.9 Å². The second-order valence-electron chi connectivity index (χ2n) is 9.22. The molecule has 0 amide bonds. The molecule has 6 atom stereocenters. The van der Waals surface area contributed by atoms with Crippen molar-refractivity contribution < 1.29 is 49.0 Å². The summed E-state index contributed by atoms with van der Waals surface area (Å²) in [7, 11) is 0. The third-order valence-electron chi connectivity index (χ3n) is 5.96. The molecule has 1 aliphatic heterocycles. The zero-order chi connectivity index (χ0) is 26.8. The number of unbranched alkanes of at least 4 members (excludes halogenated alkanes) is 8. The minimum Gasteiger partial charge on any atom is -0.462 e. The van der Waals surface area contributed by atoms with Crippen LogP contribution in [-0.4, -0.2) is 89.0 Å². The van der Waals surface area contributed by atoms with E-state index in [9.17, 15) is 30.0 Å². The summed E-state index contributed by atoms with van der Waals surface area (Å²) in [6.07, 6.45) is 7.50. The molecule has 0 bridgehead atoms. The van der Waals surface area contributed by atoms with E-state index in [-0.39, 0.29) is 19.6 Å². The first-order valence-corrected chi connectivity index (χ1v) is 13.2. The number of rotatable bonds is 19. The summed E-state index contributed by atoms with van der Waals surface area (Å²) in [5.74, 6) is -1.01. The third-order valence-corrected chi connectivity index (χ3v) is 5.96. The first kappa shape index (κ1) is 32.5. The van der Waals surface area contributed by atoms with Crippen molar-refractivity contribution in [2.75, 3.05) is 19.8 Å². The number of carbonyl (C=O) groups excluding carboxylic acids is 2. The fourth-order valence-electron chi connectivity index (χ4n) is 3.79. The van der Waals surface area contributed by atoms with Crippen LogP contribution in [0.5, 0.6) is 0 Å². The van der Waals surface area contributed by atoms with Gasteiger partial charge in [0.1, 0.15) is 31.0 Å². The Morgan fingerprint density at radius 1 is 0.889 bits per heavy atom. The van der Waals surface area contributed by atoms with Gasteiger partial charge in [-0.05, 0) is 32.1 Å². The lowest BCUT2D eigenvalue weighted by molar-refractivity contribution is -0.305. The molecule has 0 aromatic carbocycles. The van der Waals surface area contributed by atoms with Gasteiger partial charge >= 0.3 is 11.9 Å². The SMILES string of the molecule is CCCCC/C=C\CCCCCCCC(=O)OC(COC(C)=O)COC1OC(CO)C(O)C(O)C1O. The van der Waals surface area contributed by atoms with Crippen LogP contribution in [0.25, 0.3) is 0 Å². The van der Waals surface area contributed by atoms with Crippen LogP contribution in [0.3, 0.4) is 0 Å². The number of allylic oxidation sites excluding steroid dienone is 2. The summed E-state index contributed by atoms with van der Waals surface area (Å²) in [6, 6.07) is 0. The van der Waals surface area contributed by atoms with Crippen LogP contribution < -0.4 is 0 Å². The molecule has 0 aliphatic carbocycles. The topological polar surface area (TPSA) is 152 Å². The minimum absolute atomic E-state index is 0.216. The Bertz CT molecular complexity index is 624. The van der Waals surface area contributed by atoms with Crippen molar-refractivity contribution in [3.8, 4) is 0 Å². The molecule has 0 aromatic heterocycles. The summed E-state index contributed by atoms with van der Waals surface area (Å²) in [5.41, 5.74) is 0. The summed E-state index contributed by atoms with van der Waals surface area (Å²) in [4.78, 5) is 23.5. The maximum atomic E-state index is 12.3. The molecule has 6 unspecified atom stereocenters. The van der Waals surface area contributed by atoms with E-state index in [0.717, 1.165) is 38.5 Å². The number of aliphatic hydroxyl groups excluding tert-OH is 4. The third kappa shape index (κ3) is 13.7. The van der Waals surface area contributed by atoms with E-state index in [2.05, 4.69) is 19.1 Å². The van der Waals surface area contributed by atoms with Gasteiger partial charge in [-0.1, -0.05) is 51.2 Å². The van der Waals surface area contributed by atoms with Gasteiger partial charge in [0.05, 0.1) is 13.2 Å². The van der Waals surface area contributed by atoms with Gasteiger partial charge in [-0.15, -0.1) is 0 Å². The molecule has 210 valence electrons. The predicted octanol–water partition coefficient (Wildman–Crippen LogP) is 2.14. The molecule has 1 aliphatic rings. The lowest BCUT2D eigenvalue weighted by Gasteiger charge is -2.39. The highest BCUT2D eigenvalue weighted by Gasteiger charge is 2.44. The summed E-state index contributed by atoms with van der Waals surface area (Å²) in [5, 5.41) is 39.1. The van der Waals surface area contributed by atoms with E-state index in [1.165, 1.54) is 26.2 Å². The zero-order valence-electron chi connectivity index (χ0n) is 21.8.